The summed E-state index contributed by atoms with van der Waals surface area (Å²) < 4.78 is 17.3. The van der Waals surface area contributed by atoms with Crippen LogP contribution in [0, 0.1) is 0 Å². The van der Waals surface area contributed by atoms with Gasteiger partial charge in [0.2, 0.25) is 0 Å². The zero-order valence-corrected chi connectivity index (χ0v) is 14.2. The van der Waals surface area contributed by atoms with Crippen LogP contribution in [0.1, 0.15) is 23.3 Å². The van der Waals surface area contributed by atoms with E-state index in [1.54, 1.807) is 21.3 Å². The van der Waals surface area contributed by atoms with Gasteiger partial charge in [0.05, 0.1) is 14.2 Å². The molecule has 0 saturated carbocycles. The van der Waals surface area contributed by atoms with Crippen LogP contribution in [0.25, 0.3) is 11.1 Å². The smallest absolute Gasteiger partial charge is 0.130 e. The number of aliphatic hydroxyl groups excluding tert-OH is 1. The second kappa shape index (κ2) is 5.91. The normalized spacial score (nSPS) is 19.3. The number of benzene rings is 2. The molecule has 2 atom stereocenters. The lowest BCUT2D eigenvalue weighted by atomic mass is 9.81. The molecule has 2 aromatic carbocycles. The summed E-state index contributed by atoms with van der Waals surface area (Å²) in [4.78, 5) is 0. The predicted molar refractivity (Wildman–Crippen MR) is 87.4 cm³/mol. The van der Waals surface area contributed by atoms with Crippen LogP contribution in [0.4, 0.5) is 0 Å². The summed E-state index contributed by atoms with van der Waals surface area (Å²) in [6.07, 6.45) is -1.22. The topological polar surface area (TPSA) is 47.9 Å². The van der Waals surface area contributed by atoms with Gasteiger partial charge in [-0.1, -0.05) is 22.0 Å². The van der Waals surface area contributed by atoms with Crippen LogP contribution in [0.15, 0.2) is 34.8 Å². The molecule has 3 rings (SSSR count). The third kappa shape index (κ3) is 2.29. The average Bonchev–Trinajstić information content (AvgIpc) is 2.54. The van der Waals surface area contributed by atoms with E-state index in [1.165, 1.54) is 0 Å². The molecule has 0 bridgehead atoms. The molecular formula is C17H17BrO4. The third-order valence-corrected chi connectivity index (χ3v) is 4.50. The van der Waals surface area contributed by atoms with Crippen molar-refractivity contribution in [3.8, 4) is 22.6 Å². The number of ether oxygens (including phenoxy) is 3. The van der Waals surface area contributed by atoms with Gasteiger partial charge in [-0.25, -0.2) is 0 Å². The van der Waals surface area contributed by atoms with Crippen molar-refractivity contribution in [2.45, 2.75) is 12.2 Å². The minimum absolute atomic E-state index is 0.471. The van der Waals surface area contributed by atoms with E-state index in [0.717, 1.165) is 26.7 Å². The Bertz CT molecular complexity index is 714. The van der Waals surface area contributed by atoms with E-state index in [9.17, 15) is 5.11 Å². The Morgan fingerprint density at radius 1 is 1.00 bits per heavy atom. The van der Waals surface area contributed by atoms with E-state index < -0.39 is 12.2 Å². The summed E-state index contributed by atoms with van der Waals surface area (Å²) in [5, 5.41) is 10.7. The first-order valence-corrected chi connectivity index (χ1v) is 7.66. The van der Waals surface area contributed by atoms with Gasteiger partial charge in [0, 0.05) is 23.2 Å². The molecule has 4 nitrogen and oxygen atoms in total. The Morgan fingerprint density at radius 3 is 2.41 bits per heavy atom. The van der Waals surface area contributed by atoms with Gasteiger partial charge in [-0.05, 0) is 34.9 Å². The maximum absolute atomic E-state index is 10.7. The number of hydrogen-bond acceptors (Lipinski definition) is 4. The quantitative estimate of drug-likeness (QED) is 0.897. The van der Waals surface area contributed by atoms with Crippen LogP contribution in [0.3, 0.4) is 0 Å². The van der Waals surface area contributed by atoms with Gasteiger partial charge in [0.25, 0.3) is 0 Å². The van der Waals surface area contributed by atoms with Crippen LogP contribution >= 0.6 is 15.9 Å². The van der Waals surface area contributed by atoms with Gasteiger partial charge in [0.15, 0.2) is 0 Å². The molecule has 2 aromatic rings. The Labute approximate surface area is 137 Å². The van der Waals surface area contributed by atoms with E-state index in [-0.39, 0.29) is 0 Å². The first-order valence-electron chi connectivity index (χ1n) is 6.87. The molecule has 2 unspecified atom stereocenters. The lowest BCUT2D eigenvalue weighted by Gasteiger charge is -2.32. The van der Waals surface area contributed by atoms with Crippen molar-refractivity contribution in [2.24, 2.45) is 0 Å². The summed E-state index contributed by atoms with van der Waals surface area (Å²) >= 11 is 3.45. The second-order valence-electron chi connectivity index (χ2n) is 5.13. The zero-order chi connectivity index (χ0) is 15.9. The van der Waals surface area contributed by atoms with E-state index >= 15 is 0 Å². The Morgan fingerprint density at radius 2 is 1.77 bits per heavy atom. The van der Waals surface area contributed by atoms with Crippen molar-refractivity contribution in [1.29, 1.82) is 0 Å². The summed E-state index contributed by atoms with van der Waals surface area (Å²) in [5.41, 5.74) is 3.56. The van der Waals surface area contributed by atoms with Crippen molar-refractivity contribution in [1.82, 2.24) is 0 Å². The standard InChI is InChI=1S/C17H17BrO4/c1-20-10-7-13-15(14(8-10)21-2)11-5-4-9(18)6-12(11)16(19)17(13)22-3/h4-8,16-17,19H,1-3H3. The molecule has 5 heteroatoms. The van der Waals surface area contributed by atoms with Crippen LogP contribution in [-0.2, 0) is 4.74 Å². The number of halogens is 1. The highest BCUT2D eigenvalue weighted by molar-refractivity contribution is 9.10. The third-order valence-electron chi connectivity index (χ3n) is 4.01. The zero-order valence-electron chi connectivity index (χ0n) is 12.6. The van der Waals surface area contributed by atoms with Gasteiger partial charge in [-0.2, -0.15) is 0 Å². The largest absolute Gasteiger partial charge is 0.497 e. The molecule has 0 saturated heterocycles. The van der Waals surface area contributed by atoms with Crippen LogP contribution in [-0.4, -0.2) is 26.4 Å². The Hall–Kier alpha value is -1.56. The van der Waals surface area contributed by atoms with Crippen molar-refractivity contribution in [3.63, 3.8) is 0 Å². The molecule has 0 amide bonds. The number of methoxy groups -OCH3 is 3. The van der Waals surface area contributed by atoms with Crippen LogP contribution in [0.2, 0.25) is 0 Å². The summed E-state index contributed by atoms with van der Waals surface area (Å²) in [5.74, 6) is 1.37. The molecule has 1 N–H and O–H groups in total. The highest BCUT2D eigenvalue weighted by atomic mass is 79.9. The lowest BCUT2D eigenvalue weighted by molar-refractivity contribution is -0.0164. The number of aliphatic hydroxyl groups is 1. The van der Waals surface area contributed by atoms with Crippen molar-refractivity contribution >= 4 is 15.9 Å². The molecule has 116 valence electrons. The monoisotopic (exact) mass is 364 g/mol. The Balaban J connectivity index is 2.34. The first-order chi connectivity index (χ1) is 10.6. The van der Waals surface area contributed by atoms with Gasteiger partial charge in [-0.3, -0.25) is 0 Å². The Kier molecular flexibility index (Phi) is 4.12. The fraction of sp³-hybridized carbons (Fsp3) is 0.294. The molecule has 0 spiro atoms. The number of rotatable bonds is 3. The molecule has 0 heterocycles. The molecular weight excluding hydrogens is 348 g/mol. The molecule has 0 radical (unpaired) electrons. The minimum Gasteiger partial charge on any atom is -0.497 e. The molecule has 0 aromatic heterocycles. The average molecular weight is 365 g/mol. The van der Waals surface area contributed by atoms with E-state index in [1.807, 2.05) is 30.3 Å². The van der Waals surface area contributed by atoms with E-state index in [4.69, 9.17) is 14.2 Å². The molecule has 1 aliphatic carbocycles. The second-order valence-corrected chi connectivity index (χ2v) is 6.04. The van der Waals surface area contributed by atoms with Crippen LogP contribution < -0.4 is 9.47 Å². The minimum atomic E-state index is -0.748. The summed E-state index contributed by atoms with van der Waals surface area (Å²) in [6.45, 7) is 0. The summed E-state index contributed by atoms with van der Waals surface area (Å²) in [6, 6.07) is 9.57. The van der Waals surface area contributed by atoms with Gasteiger partial charge < -0.3 is 19.3 Å². The number of fused-ring (bicyclic) bond motifs is 3. The molecule has 22 heavy (non-hydrogen) atoms. The van der Waals surface area contributed by atoms with Gasteiger partial charge in [-0.15, -0.1) is 0 Å². The fourth-order valence-corrected chi connectivity index (χ4v) is 3.38. The fourth-order valence-electron chi connectivity index (χ4n) is 3.00. The maximum Gasteiger partial charge on any atom is 0.130 e. The lowest BCUT2D eigenvalue weighted by Crippen LogP contribution is -2.19. The molecule has 1 aliphatic rings. The van der Waals surface area contributed by atoms with Crippen molar-refractivity contribution in [3.05, 3.63) is 45.9 Å². The van der Waals surface area contributed by atoms with Crippen LogP contribution in [0.5, 0.6) is 11.5 Å². The predicted octanol–water partition coefficient (Wildman–Crippen LogP) is 3.87. The first kappa shape index (κ1) is 15.3. The van der Waals surface area contributed by atoms with Crippen molar-refractivity contribution in [2.75, 3.05) is 21.3 Å². The molecule has 0 fully saturated rings. The van der Waals surface area contributed by atoms with E-state index in [2.05, 4.69) is 15.9 Å². The highest BCUT2D eigenvalue weighted by Gasteiger charge is 2.35. The van der Waals surface area contributed by atoms with Crippen molar-refractivity contribution < 1.29 is 19.3 Å². The SMILES string of the molecule is COc1cc(OC)c2c(c1)C(OC)C(O)c1cc(Br)ccc1-2. The van der Waals surface area contributed by atoms with Gasteiger partial charge in [0.1, 0.15) is 23.7 Å². The summed E-state index contributed by atoms with van der Waals surface area (Å²) in [7, 11) is 4.82. The highest BCUT2D eigenvalue weighted by Crippen LogP contribution is 2.51. The van der Waals surface area contributed by atoms with E-state index in [0.29, 0.717) is 11.5 Å². The maximum atomic E-state index is 10.7. The number of hydrogen-bond donors (Lipinski definition) is 1. The van der Waals surface area contributed by atoms with Gasteiger partial charge >= 0.3 is 0 Å². The molecule has 0 aliphatic heterocycles.